The average molecular weight is 329 g/mol. The van der Waals surface area contributed by atoms with Crippen molar-refractivity contribution >= 4 is 17.8 Å². The van der Waals surface area contributed by atoms with Crippen LogP contribution in [0.2, 0.25) is 0 Å². The first-order chi connectivity index (χ1) is 11.5. The molecule has 2 aromatic rings. The van der Waals surface area contributed by atoms with E-state index in [0.29, 0.717) is 11.3 Å². The molecule has 0 aliphatic carbocycles. The minimum Gasteiger partial charge on any atom is -0.502 e. The fourth-order valence-corrected chi connectivity index (χ4v) is 1.84. The lowest BCUT2D eigenvalue weighted by molar-refractivity contribution is -0.385. The van der Waals surface area contributed by atoms with Crippen LogP contribution >= 0.6 is 0 Å². The number of nitro benzene ring substituents is 1. The van der Waals surface area contributed by atoms with Crippen LogP contribution < -0.4 is 10.2 Å². The molecule has 8 nitrogen and oxygen atoms in total. The van der Waals surface area contributed by atoms with Gasteiger partial charge < -0.3 is 9.84 Å². The molecule has 0 atom stereocenters. The molecule has 0 spiro atoms. The Morgan fingerprint density at radius 1 is 1.38 bits per heavy atom. The highest BCUT2D eigenvalue weighted by atomic mass is 16.6. The summed E-state index contributed by atoms with van der Waals surface area (Å²) in [6, 6.07) is 11.0. The lowest BCUT2D eigenvalue weighted by Crippen LogP contribution is -2.24. The van der Waals surface area contributed by atoms with E-state index in [1.807, 2.05) is 19.1 Å². The Labute approximate surface area is 137 Å². The third-order valence-electron chi connectivity index (χ3n) is 3.05. The van der Waals surface area contributed by atoms with Gasteiger partial charge in [0.15, 0.2) is 12.4 Å². The number of benzene rings is 2. The number of para-hydroxylation sites is 1. The fraction of sp³-hybridized carbons (Fsp3) is 0.125. The maximum Gasteiger partial charge on any atom is 0.311 e. The number of phenolic OH excluding ortho intramolecular Hbond substituents is 1. The van der Waals surface area contributed by atoms with Crippen molar-refractivity contribution in [1.29, 1.82) is 0 Å². The fourth-order valence-electron chi connectivity index (χ4n) is 1.84. The molecule has 2 N–H and O–H groups in total. The third kappa shape index (κ3) is 4.54. The molecular weight excluding hydrogens is 314 g/mol. The summed E-state index contributed by atoms with van der Waals surface area (Å²) in [6.07, 6.45) is 1.23. The zero-order valence-corrected chi connectivity index (χ0v) is 12.8. The zero-order valence-electron chi connectivity index (χ0n) is 12.8. The molecule has 0 aliphatic heterocycles. The van der Waals surface area contributed by atoms with E-state index in [-0.39, 0.29) is 6.61 Å². The zero-order chi connectivity index (χ0) is 17.5. The van der Waals surface area contributed by atoms with Gasteiger partial charge in [-0.1, -0.05) is 18.2 Å². The van der Waals surface area contributed by atoms with Crippen molar-refractivity contribution in [3.05, 3.63) is 63.7 Å². The minimum atomic E-state index is -0.707. The third-order valence-corrected chi connectivity index (χ3v) is 3.05. The van der Waals surface area contributed by atoms with Crippen LogP contribution in [0, 0.1) is 17.0 Å². The number of nitro groups is 1. The SMILES string of the molecule is Cc1ccccc1OCC(=O)N/N=C\c1ccc(O)c([N+](=O)[O-])c1. The van der Waals surface area contributed by atoms with E-state index < -0.39 is 22.3 Å². The molecule has 2 rings (SSSR count). The normalized spacial score (nSPS) is 10.5. The monoisotopic (exact) mass is 329 g/mol. The Morgan fingerprint density at radius 2 is 2.12 bits per heavy atom. The van der Waals surface area contributed by atoms with Gasteiger partial charge >= 0.3 is 5.69 Å². The van der Waals surface area contributed by atoms with Crippen molar-refractivity contribution in [2.45, 2.75) is 6.92 Å². The van der Waals surface area contributed by atoms with Crippen molar-refractivity contribution in [2.75, 3.05) is 6.61 Å². The second-order valence-electron chi connectivity index (χ2n) is 4.85. The van der Waals surface area contributed by atoms with Gasteiger partial charge in [0, 0.05) is 11.6 Å². The van der Waals surface area contributed by atoms with E-state index in [1.165, 1.54) is 18.3 Å². The summed E-state index contributed by atoms with van der Waals surface area (Å²) < 4.78 is 5.36. The summed E-state index contributed by atoms with van der Waals surface area (Å²) in [5, 5.41) is 23.8. The van der Waals surface area contributed by atoms with Crippen molar-refractivity contribution in [2.24, 2.45) is 5.10 Å². The summed E-state index contributed by atoms with van der Waals surface area (Å²) in [5.41, 5.74) is 3.09. The Kier molecular flexibility index (Phi) is 5.45. The number of ether oxygens (including phenoxy) is 1. The van der Waals surface area contributed by atoms with E-state index in [2.05, 4.69) is 10.5 Å². The molecule has 24 heavy (non-hydrogen) atoms. The Bertz CT molecular complexity index is 789. The molecular formula is C16H15N3O5. The van der Waals surface area contributed by atoms with E-state index in [0.717, 1.165) is 11.6 Å². The maximum atomic E-state index is 11.6. The smallest absolute Gasteiger partial charge is 0.311 e. The summed E-state index contributed by atoms with van der Waals surface area (Å²) >= 11 is 0. The van der Waals surface area contributed by atoms with Gasteiger partial charge in [-0.05, 0) is 30.7 Å². The van der Waals surface area contributed by atoms with Crippen LogP contribution in [0.25, 0.3) is 0 Å². The topological polar surface area (TPSA) is 114 Å². The number of nitrogens with one attached hydrogen (secondary N) is 1. The van der Waals surface area contributed by atoms with Crippen LogP contribution in [0.3, 0.4) is 0 Å². The predicted molar refractivity (Wildman–Crippen MR) is 87.2 cm³/mol. The molecule has 0 unspecified atom stereocenters. The van der Waals surface area contributed by atoms with Crippen molar-refractivity contribution in [3.8, 4) is 11.5 Å². The quantitative estimate of drug-likeness (QED) is 0.479. The first-order valence-corrected chi connectivity index (χ1v) is 6.95. The van der Waals surface area contributed by atoms with Crippen molar-refractivity contribution in [1.82, 2.24) is 5.43 Å². The molecule has 0 saturated carbocycles. The number of carbonyl (C=O) groups is 1. The molecule has 0 bridgehead atoms. The lowest BCUT2D eigenvalue weighted by atomic mass is 10.2. The van der Waals surface area contributed by atoms with Gasteiger partial charge in [-0.25, -0.2) is 5.43 Å². The minimum absolute atomic E-state index is 0.210. The van der Waals surface area contributed by atoms with Crippen molar-refractivity contribution in [3.63, 3.8) is 0 Å². The summed E-state index contributed by atoms with van der Waals surface area (Å²) in [5.74, 6) is -0.304. The van der Waals surface area contributed by atoms with Gasteiger partial charge in [0.05, 0.1) is 11.1 Å². The molecule has 0 fully saturated rings. The molecule has 0 radical (unpaired) electrons. The summed E-state index contributed by atoms with van der Waals surface area (Å²) in [6.45, 7) is 1.65. The molecule has 0 aromatic heterocycles. The van der Waals surface area contributed by atoms with Gasteiger partial charge in [0.1, 0.15) is 5.75 Å². The second kappa shape index (κ2) is 7.73. The van der Waals surface area contributed by atoms with Gasteiger partial charge in [-0.2, -0.15) is 5.10 Å². The highest BCUT2D eigenvalue weighted by Crippen LogP contribution is 2.25. The van der Waals surface area contributed by atoms with Gasteiger partial charge in [0.2, 0.25) is 0 Å². The number of amides is 1. The number of hydrazone groups is 1. The average Bonchev–Trinajstić information content (AvgIpc) is 2.55. The standard InChI is InChI=1S/C16H15N3O5/c1-11-4-2-3-5-15(11)24-10-16(21)18-17-9-12-6-7-14(20)13(8-12)19(22)23/h2-9,20H,10H2,1H3,(H,18,21)/b17-9-. The van der Waals surface area contributed by atoms with Gasteiger partial charge in [-0.3, -0.25) is 14.9 Å². The van der Waals surface area contributed by atoms with E-state index in [9.17, 15) is 20.0 Å². The number of aromatic hydroxyl groups is 1. The highest BCUT2D eigenvalue weighted by molar-refractivity contribution is 5.84. The van der Waals surface area contributed by atoms with Gasteiger partial charge in [-0.15, -0.1) is 0 Å². The number of carbonyl (C=O) groups excluding carboxylic acids is 1. The van der Waals surface area contributed by atoms with Crippen LogP contribution in [0.5, 0.6) is 11.5 Å². The maximum absolute atomic E-state index is 11.6. The first kappa shape index (κ1) is 16.9. The van der Waals surface area contributed by atoms with Crippen LogP contribution in [-0.4, -0.2) is 28.8 Å². The number of phenols is 1. The second-order valence-corrected chi connectivity index (χ2v) is 4.85. The lowest BCUT2D eigenvalue weighted by Gasteiger charge is -2.07. The molecule has 1 amide bonds. The number of hydrogen-bond acceptors (Lipinski definition) is 6. The molecule has 124 valence electrons. The molecule has 0 saturated heterocycles. The molecule has 2 aromatic carbocycles. The summed E-state index contributed by atoms with van der Waals surface area (Å²) in [4.78, 5) is 21.7. The predicted octanol–water partition coefficient (Wildman–Crippen LogP) is 2.14. The largest absolute Gasteiger partial charge is 0.502 e. The van der Waals surface area contributed by atoms with Crippen LogP contribution in [0.15, 0.2) is 47.6 Å². The molecule has 0 aliphatic rings. The van der Waals surface area contributed by atoms with E-state index >= 15 is 0 Å². The van der Waals surface area contributed by atoms with Crippen LogP contribution in [0.1, 0.15) is 11.1 Å². The van der Waals surface area contributed by atoms with Gasteiger partial charge in [0.25, 0.3) is 5.91 Å². The number of rotatable bonds is 6. The van der Waals surface area contributed by atoms with Crippen LogP contribution in [0.4, 0.5) is 5.69 Å². The number of hydrogen-bond donors (Lipinski definition) is 2. The Morgan fingerprint density at radius 3 is 2.83 bits per heavy atom. The number of nitrogens with zero attached hydrogens (tertiary/aromatic N) is 2. The summed E-state index contributed by atoms with van der Waals surface area (Å²) in [7, 11) is 0. The highest BCUT2D eigenvalue weighted by Gasteiger charge is 2.12. The Balaban J connectivity index is 1.90. The number of aryl methyl sites for hydroxylation is 1. The molecule has 0 heterocycles. The van der Waals surface area contributed by atoms with Crippen LogP contribution in [-0.2, 0) is 4.79 Å². The van der Waals surface area contributed by atoms with Crippen molar-refractivity contribution < 1.29 is 19.6 Å². The van der Waals surface area contributed by atoms with E-state index in [4.69, 9.17) is 4.74 Å². The van der Waals surface area contributed by atoms with E-state index in [1.54, 1.807) is 12.1 Å². The Hall–Kier alpha value is -3.42. The molecule has 8 heteroatoms. The first-order valence-electron chi connectivity index (χ1n) is 6.95.